The molecule has 0 aliphatic heterocycles. The number of carbonyl (C=O) groups excluding carboxylic acids is 1. The van der Waals surface area contributed by atoms with Gasteiger partial charge >= 0.3 is 5.97 Å². The number of esters is 1. The molecule has 1 aliphatic rings. The van der Waals surface area contributed by atoms with Crippen LogP contribution in [0.15, 0.2) is 18.2 Å². The van der Waals surface area contributed by atoms with E-state index in [0.29, 0.717) is 12.2 Å². The van der Waals surface area contributed by atoms with Crippen molar-refractivity contribution >= 4 is 5.97 Å². The molecule has 1 aliphatic carbocycles. The first-order valence-electron chi connectivity index (χ1n) is 5.25. The average Bonchev–Trinajstić information content (AvgIpc) is 2.57. The maximum Gasteiger partial charge on any atom is 0.338 e. The van der Waals surface area contributed by atoms with Crippen LogP contribution in [0, 0.1) is 0 Å². The second-order valence-corrected chi connectivity index (χ2v) is 3.87. The molecule has 1 unspecified atom stereocenters. The number of rotatable bonds is 2. The zero-order valence-corrected chi connectivity index (χ0v) is 8.82. The number of hydrogen-bond acceptors (Lipinski definition) is 3. The molecule has 15 heavy (non-hydrogen) atoms. The van der Waals surface area contributed by atoms with Gasteiger partial charge in [-0.25, -0.2) is 4.79 Å². The van der Waals surface area contributed by atoms with Gasteiger partial charge in [0, 0.05) is 6.04 Å². The van der Waals surface area contributed by atoms with Crippen molar-refractivity contribution in [2.24, 2.45) is 5.73 Å². The third kappa shape index (κ3) is 2.02. The molecule has 1 atom stereocenters. The first kappa shape index (κ1) is 10.2. The Bertz CT molecular complexity index is 387. The third-order valence-electron chi connectivity index (χ3n) is 2.68. The number of ether oxygens (including phenoxy) is 1. The molecule has 3 heteroatoms. The van der Waals surface area contributed by atoms with E-state index < -0.39 is 0 Å². The molecule has 80 valence electrons. The van der Waals surface area contributed by atoms with Crippen molar-refractivity contribution in [2.75, 3.05) is 6.61 Å². The van der Waals surface area contributed by atoms with E-state index in [2.05, 4.69) is 0 Å². The summed E-state index contributed by atoms with van der Waals surface area (Å²) in [6, 6.07) is 5.90. The van der Waals surface area contributed by atoms with Gasteiger partial charge in [-0.2, -0.15) is 0 Å². The molecular formula is C12H15NO2. The van der Waals surface area contributed by atoms with Gasteiger partial charge in [-0.1, -0.05) is 6.07 Å². The molecule has 0 fully saturated rings. The molecule has 0 bridgehead atoms. The van der Waals surface area contributed by atoms with Gasteiger partial charge in [-0.05, 0) is 43.0 Å². The van der Waals surface area contributed by atoms with Crippen LogP contribution in [0.5, 0.6) is 0 Å². The van der Waals surface area contributed by atoms with Crippen LogP contribution in [0.3, 0.4) is 0 Å². The quantitative estimate of drug-likeness (QED) is 0.740. The van der Waals surface area contributed by atoms with E-state index in [1.807, 2.05) is 18.2 Å². The van der Waals surface area contributed by atoms with Crippen molar-refractivity contribution in [3.63, 3.8) is 0 Å². The molecule has 0 saturated carbocycles. The zero-order chi connectivity index (χ0) is 10.8. The van der Waals surface area contributed by atoms with Gasteiger partial charge in [0.05, 0.1) is 12.2 Å². The SMILES string of the molecule is CCOC(=O)c1ccc2c(c1)CC(N)C2. The summed E-state index contributed by atoms with van der Waals surface area (Å²) in [5.41, 5.74) is 8.93. The van der Waals surface area contributed by atoms with Gasteiger partial charge in [-0.3, -0.25) is 0 Å². The minimum atomic E-state index is -0.249. The Balaban J connectivity index is 2.23. The number of benzene rings is 1. The first-order chi connectivity index (χ1) is 7.20. The van der Waals surface area contributed by atoms with E-state index in [-0.39, 0.29) is 12.0 Å². The van der Waals surface area contributed by atoms with Crippen molar-refractivity contribution in [3.05, 3.63) is 34.9 Å². The summed E-state index contributed by atoms with van der Waals surface area (Å²) in [5, 5.41) is 0. The lowest BCUT2D eigenvalue weighted by Gasteiger charge is -2.04. The predicted octanol–water partition coefficient (Wildman–Crippen LogP) is 1.29. The zero-order valence-electron chi connectivity index (χ0n) is 8.82. The molecule has 2 rings (SSSR count). The maximum absolute atomic E-state index is 11.5. The lowest BCUT2D eigenvalue weighted by atomic mass is 10.1. The summed E-state index contributed by atoms with van der Waals surface area (Å²) in [7, 11) is 0. The molecule has 3 nitrogen and oxygen atoms in total. The van der Waals surface area contributed by atoms with Crippen LogP contribution in [-0.2, 0) is 17.6 Å². The van der Waals surface area contributed by atoms with Gasteiger partial charge in [0.15, 0.2) is 0 Å². The second kappa shape index (κ2) is 4.03. The van der Waals surface area contributed by atoms with E-state index in [1.54, 1.807) is 6.92 Å². The van der Waals surface area contributed by atoms with Crippen LogP contribution >= 0.6 is 0 Å². The monoisotopic (exact) mass is 205 g/mol. The van der Waals surface area contributed by atoms with Gasteiger partial charge in [0.1, 0.15) is 0 Å². The number of fused-ring (bicyclic) bond motifs is 1. The molecule has 0 radical (unpaired) electrons. The van der Waals surface area contributed by atoms with Crippen LogP contribution in [0.4, 0.5) is 0 Å². The minimum absolute atomic E-state index is 0.206. The fraction of sp³-hybridized carbons (Fsp3) is 0.417. The Kier molecular flexibility index (Phi) is 2.73. The highest BCUT2D eigenvalue weighted by atomic mass is 16.5. The Morgan fingerprint density at radius 2 is 2.20 bits per heavy atom. The fourth-order valence-electron chi connectivity index (χ4n) is 1.99. The van der Waals surface area contributed by atoms with Gasteiger partial charge in [0.25, 0.3) is 0 Å². The minimum Gasteiger partial charge on any atom is -0.462 e. The van der Waals surface area contributed by atoms with Crippen LogP contribution in [-0.4, -0.2) is 18.6 Å². The number of nitrogens with two attached hydrogens (primary N) is 1. The second-order valence-electron chi connectivity index (χ2n) is 3.87. The van der Waals surface area contributed by atoms with Gasteiger partial charge in [0.2, 0.25) is 0 Å². The molecular weight excluding hydrogens is 190 g/mol. The highest BCUT2D eigenvalue weighted by Crippen LogP contribution is 2.22. The highest BCUT2D eigenvalue weighted by molar-refractivity contribution is 5.89. The summed E-state index contributed by atoms with van der Waals surface area (Å²) in [5.74, 6) is -0.249. The first-order valence-corrected chi connectivity index (χ1v) is 5.25. The molecule has 1 aromatic carbocycles. The van der Waals surface area contributed by atoms with E-state index in [4.69, 9.17) is 10.5 Å². The summed E-state index contributed by atoms with van der Waals surface area (Å²) < 4.78 is 4.94. The maximum atomic E-state index is 11.5. The van der Waals surface area contributed by atoms with E-state index in [9.17, 15) is 4.79 Å². The van der Waals surface area contributed by atoms with E-state index >= 15 is 0 Å². The van der Waals surface area contributed by atoms with Crippen LogP contribution in [0.25, 0.3) is 0 Å². The lowest BCUT2D eigenvalue weighted by molar-refractivity contribution is 0.0526. The number of hydrogen-bond donors (Lipinski definition) is 1. The molecule has 0 aromatic heterocycles. The average molecular weight is 205 g/mol. The molecule has 0 saturated heterocycles. The molecule has 2 N–H and O–H groups in total. The lowest BCUT2D eigenvalue weighted by Crippen LogP contribution is -2.19. The molecule has 1 aromatic rings. The molecule has 0 amide bonds. The van der Waals surface area contributed by atoms with Gasteiger partial charge in [-0.15, -0.1) is 0 Å². The summed E-state index contributed by atoms with van der Waals surface area (Å²) in [6.45, 7) is 2.22. The highest BCUT2D eigenvalue weighted by Gasteiger charge is 2.19. The summed E-state index contributed by atoms with van der Waals surface area (Å²) >= 11 is 0. The van der Waals surface area contributed by atoms with Crippen LogP contribution < -0.4 is 5.73 Å². The summed E-state index contributed by atoms with van der Waals surface area (Å²) in [4.78, 5) is 11.5. The van der Waals surface area contributed by atoms with Crippen molar-refractivity contribution < 1.29 is 9.53 Å². The van der Waals surface area contributed by atoms with Gasteiger partial charge < -0.3 is 10.5 Å². The third-order valence-corrected chi connectivity index (χ3v) is 2.68. The Labute approximate surface area is 89.2 Å². The van der Waals surface area contributed by atoms with Crippen LogP contribution in [0.1, 0.15) is 28.4 Å². The van der Waals surface area contributed by atoms with E-state index in [0.717, 1.165) is 12.8 Å². The molecule has 0 heterocycles. The van der Waals surface area contributed by atoms with Crippen molar-refractivity contribution in [1.29, 1.82) is 0 Å². The Hall–Kier alpha value is -1.35. The molecule has 0 spiro atoms. The van der Waals surface area contributed by atoms with Crippen molar-refractivity contribution in [1.82, 2.24) is 0 Å². The van der Waals surface area contributed by atoms with E-state index in [1.165, 1.54) is 11.1 Å². The largest absolute Gasteiger partial charge is 0.462 e. The Morgan fingerprint density at radius 3 is 2.93 bits per heavy atom. The Morgan fingerprint density at radius 1 is 1.47 bits per heavy atom. The smallest absolute Gasteiger partial charge is 0.338 e. The fourth-order valence-corrected chi connectivity index (χ4v) is 1.99. The number of carbonyl (C=O) groups is 1. The van der Waals surface area contributed by atoms with Crippen molar-refractivity contribution in [2.45, 2.75) is 25.8 Å². The predicted molar refractivity (Wildman–Crippen MR) is 57.8 cm³/mol. The standard InChI is InChI=1S/C12H15NO2/c1-2-15-12(14)9-4-3-8-6-11(13)7-10(8)5-9/h3-5,11H,2,6-7,13H2,1H3. The summed E-state index contributed by atoms with van der Waals surface area (Å²) in [6.07, 6.45) is 1.78. The normalized spacial score (nSPS) is 18.7. The van der Waals surface area contributed by atoms with Crippen molar-refractivity contribution in [3.8, 4) is 0 Å². The van der Waals surface area contributed by atoms with Crippen LogP contribution in [0.2, 0.25) is 0 Å². The topological polar surface area (TPSA) is 52.3 Å².